The normalized spacial score (nSPS) is 11.7. The Labute approximate surface area is 181 Å². The zero-order valence-electron chi connectivity index (χ0n) is 17.7. The molecule has 1 amide bonds. The van der Waals surface area contributed by atoms with Crippen LogP contribution in [0.25, 0.3) is 11.4 Å². The highest BCUT2D eigenvalue weighted by Crippen LogP contribution is 2.27. The second kappa shape index (κ2) is 9.67. The fourth-order valence-corrected chi connectivity index (χ4v) is 3.59. The number of pyridine rings is 1. The van der Waals surface area contributed by atoms with E-state index >= 15 is 0 Å². The molecule has 0 aliphatic heterocycles. The Morgan fingerprint density at radius 3 is 2.57 bits per heavy atom. The van der Waals surface area contributed by atoms with E-state index in [4.69, 9.17) is 0 Å². The summed E-state index contributed by atoms with van der Waals surface area (Å²) < 4.78 is 2.02. The van der Waals surface area contributed by atoms with E-state index in [0.717, 1.165) is 11.4 Å². The summed E-state index contributed by atoms with van der Waals surface area (Å²) >= 11 is 1.34. The summed E-state index contributed by atoms with van der Waals surface area (Å²) in [6.45, 7) is 9.33. The number of hydrogen-bond donors (Lipinski definition) is 1. The molecule has 0 aliphatic carbocycles. The van der Waals surface area contributed by atoms with Crippen LogP contribution in [0.5, 0.6) is 0 Å². The fourth-order valence-electron chi connectivity index (χ4n) is 2.80. The molecule has 1 N–H and O–H groups in total. The Morgan fingerprint density at radius 2 is 1.93 bits per heavy atom. The molecule has 0 atom stereocenters. The van der Waals surface area contributed by atoms with Crippen LogP contribution in [0, 0.1) is 0 Å². The van der Waals surface area contributed by atoms with Crippen LogP contribution in [0.15, 0.2) is 58.9 Å². The number of carbonyl (C=O) groups excluding carboxylic acids is 1. The molecule has 0 unspecified atom stereocenters. The largest absolute Gasteiger partial charge is 0.302 e. The van der Waals surface area contributed by atoms with Gasteiger partial charge < -0.3 is 4.57 Å². The number of benzene rings is 1. The summed E-state index contributed by atoms with van der Waals surface area (Å²) in [4.78, 5) is 16.2. The van der Waals surface area contributed by atoms with Crippen molar-refractivity contribution >= 4 is 23.9 Å². The first-order valence-electron chi connectivity index (χ1n) is 9.78. The number of nitrogens with zero attached hydrogens (tertiary/aromatic N) is 5. The van der Waals surface area contributed by atoms with E-state index in [-0.39, 0.29) is 17.1 Å². The van der Waals surface area contributed by atoms with Gasteiger partial charge in [0.2, 0.25) is 0 Å². The Hall–Kier alpha value is -3.00. The molecule has 30 heavy (non-hydrogen) atoms. The quantitative estimate of drug-likeness (QED) is 0.355. The number of thioether (sulfide) groups is 1. The summed E-state index contributed by atoms with van der Waals surface area (Å²) in [7, 11) is 0. The molecule has 0 fully saturated rings. The van der Waals surface area contributed by atoms with Crippen LogP contribution in [0.3, 0.4) is 0 Å². The number of rotatable bonds is 7. The number of amides is 1. The fraction of sp³-hybridized carbons (Fsp3) is 0.318. The van der Waals surface area contributed by atoms with E-state index in [9.17, 15) is 4.79 Å². The molecular formula is C22H26N6OS. The molecule has 2 heterocycles. The van der Waals surface area contributed by atoms with E-state index in [1.54, 1.807) is 6.20 Å². The van der Waals surface area contributed by atoms with E-state index in [1.165, 1.54) is 23.5 Å². The second-order valence-corrected chi connectivity index (χ2v) is 8.66. The molecule has 0 bridgehead atoms. The van der Waals surface area contributed by atoms with Crippen LogP contribution >= 0.6 is 11.8 Å². The maximum atomic E-state index is 12.1. The SMILES string of the molecule is CCn1c(SCC(=O)NN=Cc2ccccn2)nnc1-c1ccc(C(C)(C)C)cc1. The Balaban J connectivity index is 1.63. The highest BCUT2D eigenvalue weighted by Gasteiger charge is 2.17. The van der Waals surface area contributed by atoms with Crippen molar-refractivity contribution in [3.63, 3.8) is 0 Å². The average Bonchev–Trinajstić information content (AvgIpc) is 3.15. The molecule has 156 valence electrons. The summed E-state index contributed by atoms with van der Waals surface area (Å²) in [5, 5.41) is 13.3. The van der Waals surface area contributed by atoms with Gasteiger partial charge in [-0.15, -0.1) is 10.2 Å². The molecule has 1 aromatic carbocycles. The van der Waals surface area contributed by atoms with Crippen molar-refractivity contribution in [2.75, 3.05) is 5.75 Å². The predicted octanol–water partition coefficient (Wildman–Crippen LogP) is 3.90. The average molecular weight is 423 g/mol. The highest BCUT2D eigenvalue weighted by atomic mass is 32.2. The third-order valence-electron chi connectivity index (χ3n) is 4.45. The Kier molecular flexibility index (Phi) is 6.99. The maximum absolute atomic E-state index is 12.1. The van der Waals surface area contributed by atoms with Gasteiger partial charge in [-0.2, -0.15) is 5.10 Å². The summed E-state index contributed by atoms with van der Waals surface area (Å²) in [5.41, 5.74) is 5.57. The van der Waals surface area contributed by atoms with Gasteiger partial charge in [-0.1, -0.05) is 62.9 Å². The van der Waals surface area contributed by atoms with Crippen molar-refractivity contribution in [3.05, 3.63) is 59.9 Å². The zero-order chi connectivity index (χ0) is 21.6. The smallest absolute Gasteiger partial charge is 0.250 e. The first-order chi connectivity index (χ1) is 14.4. The second-order valence-electron chi connectivity index (χ2n) is 7.71. The molecule has 0 radical (unpaired) electrons. The third kappa shape index (κ3) is 5.54. The van der Waals surface area contributed by atoms with E-state index < -0.39 is 0 Å². The third-order valence-corrected chi connectivity index (χ3v) is 5.42. The van der Waals surface area contributed by atoms with Gasteiger partial charge in [0.15, 0.2) is 11.0 Å². The highest BCUT2D eigenvalue weighted by molar-refractivity contribution is 7.99. The maximum Gasteiger partial charge on any atom is 0.250 e. The Morgan fingerprint density at radius 1 is 1.17 bits per heavy atom. The molecule has 7 nitrogen and oxygen atoms in total. The summed E-state index contributed by atoms with van der Waals surface area (Å²) in [6.07, 6.45) is 3.18. The summed E-state index contributed by atoms with van der Waals surface area (Å²) in [6, 6.07) is 13.9. The lowest BCUT2D eigenvalue weighted by Gasteiger charge is -2.19. The van der Waals surface area contributed by atoms with Crippen molar-refractivity contribution in [1.82, 2.24) is 25.2 Å². The minimum atomic E-state index is -0.214. The number of nitrogens with one attached hydrogen (secondary N) is 1. The van der Waals surface area contributed by atoms with Crippen molar-refractivity contribution in [2.24, 2.45) is 5.10 Å². The lowest BCUT2D eigenvalue weighted by molar-refractivity contribution is -0.118. The first-order valence-corrected chi connectivity index (χ1v) is 10.8. The lowest BCUT2D eigenvalue weighted by atomic mass is 9.87. The van der Waals surface area contributed by atoms with Crippen molar-refractivity contribution in [1.29, 1.82) is 0 Å². The van der Waals surface area contributed by atoms with E-state index in [2.05, 4.69) is 70.7 Å². The molecular weight excluding hydrogens is 396 g/mol. The Bertz CT molecular complexity index is 1010. The van der Waals surface area contributed by atoms with Crippen LogP contribution < -0.4 is 5.43 Å². The van der Waals surface area contributed by atoms with Gasteiger partial charge >= 0.3 is 0 Å². The topological polar surface area (TPSA) is 85.1 Å². The number of aromatic nitrogens is 4. The summed E-state index contributed by atoms with van der Waals surface area (Å²) in [5.74, 6) is 0.781. The monoisotopic (exact) mass is 422 g/mol. The molecule has 0 saturated heterocycles. The number of hydrazone groups is 1. The van der Waals surface area contributed by atoms with Gasteiger partial charge in [0.25, 0.3) is 5.91 Å². The standard InChI is InChI=1S/C22H26N6OS/c1-5-28-20(16-9-11-17(12-10-16)22(2,3)4)26-27-21(28)30-15-19(29)25-24-14-18-8-6-7-13-23-18/h6-14H,5,15H2,1-4H3,(H,25,29). The van der Waals surface area contributed by atoms with Gasteiger partial charge in [0.1, 0.15) is 0 Å². The van der Waals surface area contributed by atoms with Crippen molar-refractivity contribution in [2.45, 2.75) is 44.8 Å². The van der Waals surface area contributed by atoms with Gasteiger partial charge in [-0.25, -0.2) is 5.43 Å². The molecule has 3 aromatic rings. The zero-order valence-corrected chi connectivity index (χ0v) is 18.5. The van der Waals surface area contributed by atoms with Gasteiger partial charge in [-0.3, -0.25) is 9.78 Å². The molecule has 2 aromatic heterocycles. The van der Waals surface area contributed by atoms with Crippen LogP contribution in [-0.2, 0) is 16.8 Å². The van der Waals surface area contributed by atoms with Crippen molar-refractivity contribution < 1.29 is 4.79 Å². The van der Waals surface area contributed by atoms with Crippen LogP contribution in [0.1, 0.15) is 39.0 Å². The number of carbonyl (C=O) groups is 1. The van der Waals surface area contributed by atoms with Crippen LogP contribution in [0.2, 0.25) is 0 Å². The van der Waals surface area contributed by atoms with E-state index in [1.807, 2.05) is 29.7 Å². The molecule has 8 heteroatoms. The number of hydrogen-bond acceptors (Lipinski definition) is 6. The minimum absolute atomic E-state index is 0.102. The molecule has 3 rings (SSSR count). The molecule has 0 spiro atoms. The first kappa shape index (κ1) is 21.7. The van der Waals surface area contributed by atoms with Crippen molar-refractivity contribution in [3.8, 4) is 11.4 Å². The lowest BCUT2D eigenvalue weighted by Crippen LogP contribution is -2.20. The molecule has 0 saturated carbocycles. The van der Waals surface area contributed by atoms with Crippen LogP contribution in [-0.4, -0.2) is 37.6 Å². The van der Waals surface area contributed by atoms with Gasteiger partial charge in [0, 0.05) is 18.3 Å². The predicted molar refractivity (Wildman–Crippen MR) is 121 cm³/mol. The minimum Gasteiger partial charge on any atom is -0.302 e. The van der Waals surface area contributed by atoms with Gasteiger partial charge in [0.05, 0.1) is 17.7 Å². The van der Waals surface area contributed by atoms with Gasteiger partial charge in [-0.05, 0) is 30.0 Å². The van der Waals surface area contributed by atoms with E-state index in [0.29, 0.717) is 17.4 Å². The van der Waals surface area contributed by atoms with Crippen LogP contribution in [0.4, 0.5) is 0 Å². The molecule has 0 aliphatic rings.